The predicted octanol–water partition coefficient (Wildman–Crippen LogP) is 3.84. The molecule has 2 aliphatic rings. The molecule has 0 N–H and O–H groups in total. The number of aryl methyl sites for hydroxylation is 1. The maximum Gasteiger partial charge on any atom is 0.222 e. The van der Waals surface area contributed by atoms with Crippen molar-refractivity contribution >= 4 is 5.91 Å². The number of benzene rings is 1. The second kappa shape index (κ2) is 6.51. The average molecular weight is 336 g/mol. The normalized spacial score (nSPS) is 18.5. The molecule has 0 bridgehead atoms. The van der Waals surface area contributed by atoms with E-state index in [1.54, 1.807) is 6.20 Å². The van der Waals surface area contributed by atoms with Gasteiger partial charge in [0.1, 0.15) is 11.4 Å². The first-order valence-electron chi connectivity index (χ1n) is 9.19. The molecule has 25 heavy (non-hydrogen) atoms. The first kappa shape index (κ1) is 16.1. The number of hydrogen-bond acceptors (Lipinski definition) is 3. The Morgan fingerprint density at radius 3 is 2.76 bits per heavy atom. The first-order valence-corrected chi connectivity index (χ1v) is 9.19. The molecule has 1 fully saturated rings. The van der Waals surface area contributed by atoms with E-state index in [9.17, 15) is 4.79 Å². The van der Waals surface area contributed by atoms with E-state index >= 15 is 0 Å². The standard InChI is InChI=1S/C21H24N2O2/c1-2-20(24)23-12-9-21(10-13-23)8-7-17-14-16(5-6-19(17)25-21)18-4-3-11-22-15-18/h3-6,11,14-15H,2,7-10,12-13H2,1H3. The number of likely N-dealkylation sites (tertiary alicyclic amines) is 1. The van der Waals surface area contributed by atoms with Crippen molar-refractivity contribution in [2.45, 2.75) is 44.6 Å². The van der Waals surface area contributed by atoms with Crippen molar-refractivity contribution in [2.24, 2.45) is 0 Å². The quantitative estimate of drug-likeness (QED) is 0.837. The van der Waals surface area contributed by atoms with Crippen LogP contribution in [0.1, 0.15) is 38.2 Å². The van der Waals surface area contributed by atoms with Crippen molar-refractivity contribution in [1.29, 1.82) is 0 Å². The molecule has 3 heterocycles. The summed E-state index contributed by atoms with van der Waals surface area (Å²) in [6.45, 7) is 3.56. The lowest BCUT2D eigenvalue weighted by molar-refractivity contribution is -0.134. The number of piperidine rings is 1. The van der Waals surface area contributed by atoms with Gasteiger partial charge in [0, 0.05) is 50.3 Å². The fourth-order valence-corrected chi connectivity index (χ4v) is 3.97. The largest absolute Gasteiger partial charge is 0.487 e. The molecule has 2 aliphatic heterocycles. The lowest BCUT2D eigenvalue weighted by atomic mass is 9.82. The van der Waals surface area contributed by atoms with Crippen molar-refractivity contribution in [1.82, 2.24) is 9.88 Å². The zero-order chi connectivity index (χ0) is 17.3. The molecule has 0 unspecified atom stereocenters. The molecule has 0 saturated carbocycles. The molecular weight excluding hydrogens is 312 g/mol. The number of fused-ring (bicyclic) bond motifs is 1. The highest BCUT2D eigenvalue weighted by Crippen LogP contribution is 2.40. The van der Waals surface area contributed by atoms with Crippen molar-refractivity contribution < 1.29 is 9.53 Å². The number of aromatic nitrogens is 1. The zero-order valence-electron chi connectivity index (χ0n) is 14.7. The monoisotopic (exact) mass is 336 g/mol. The van der Waals surface area contributed by atoms with E-state index in [-0.39, 0.29) is 11.5 Å². The number of carbonyl (C=O) groups is 1. The molecular formula is C21H24N2O2. The van der Waals surface area contributed by atoms with E-state index < -0.39 is 0 Å². The summed E-state index contributed by atoms with van der Waals surface area (Å²) in [5.41, 5.74) is 3.51. The van der Waals surface area contributed by atoms with Gasteiger partial charge in [-0.3, -0.25) is 9.78 Å². The van der Waals surface area contributed by atoms with Crippen LogP contribution in [0.2, 0.25) is 0 Å². The molecule has 0 aliphatic carbocycles. The predicted molar refractivity (Wildman–Crippen MR) is 97.5 cm³/mol. The zero-order valence-corrected chi connectivity index (χ0v) is 14.7. The molecule has 1 aromatic carbocycles. The van der Waals surface area contributed by atoms with Gasteiger partial charge in [-0.05, 0) is 42.2 Å². The fourth-order valence-electron chi connectivity index (χ4n) is 3.97. The summed E-state index contributed by atoms with van der Waals surface area (Å²) in [4.78, 5) is 18.1. The van der Waals surface area contributed by atoms with E-state index in [0.717, 1.165) is 50.1 Å². The van der Waals surface area contributed by atoms with Gasteiger partial charge in [-0.1, -0.05) is 19.1 Å². The van der Waals surface area contributed by atoms with Crippen molar-refractivity contribution in [2.75, 3.05) is 13.1 Å². The van der Waals surface area contributed by atoms with Gasteiger partial charge in [0.05, 0.1) is 0 Å². The minimum atomic E-state index is -0.0899. The highest BCUT2D eigenvalue weighted by Gasteiger charge is 2.40. The lowest BCUT2D eigenvalue weighted by Crippen LogP contribution is -2.51. The van der Waals surface area contributed by atoms with Gasteiger partial charge < -0.3 is 9.64 Å². The van der Waals surface area contributed by atoms with E-state index in [2.05, 4.69) is 29.2 Å². The van der Waals surface area contributed by atoms with E-state index in [1.165, 1.54) is 11.1 Å². The number of carbonyl (C=O) groups excluding carboxylic acids is 1. The smallest absolute Gasteiger partial charge is 0.222 e. The van der Waals surface area contributed by atoms with Gasteiger partial charge in [0.15, 0.2) is 0 Å². The van der Waals surface area contributed by atoms with Crippen LogP contribution in [0.15, 0.2) is 42.7 Å². The summed E-state index contributed by atoms with van der Waals surface area (Å²) in [6, 6.07) is 10.5. The molecule has 1 spiro atoms. The van der Waals surface area contributed by atoms with Crippen LogP contribution in [-0.2, 0) is 11.2 Å². The summed E-state index contributed by atoms with van der Waals surface area (Å²) < 4.78 is 6.46. The van der Waals surface area contributed by atoms with Crippen LogP contribution in [0.5, 0.6) is 5.75 Å². The highest BCUT2D eigenvalue weighted by atomic mass is 16.5. The summed E-state index contributed by atoms with van der Waals surface area (Å²) in [5, 5.41) is 0. The molecule has 4 rings (SSSR count). The Balaban J connectivity index is 1.50. The Bertz CT molecular complexity index is 765. The van der Waals surface area contributed by atoms with Gasteiger partial charge in [0.25, 0.3) is 0 Å². The minimum Gasteiger partial charge on any atom is -0.487 e. The second-order valence-electron chi connectivity index (χ2n) is 7.08. The van der Waals surface area contributed by atoms with Gasteiger partial charge in [-0.2, -0.15) is 0 Å². The first-order chi connectivity index (χ1) is 12.2. The number of hydrogen-bond donors (Lipinski definition) is 0. The number of pyridine rings is 1. The topological polar surface area (TPSA) is 42.4 Å². The molecule has 4 heteroatoms. The Morgan fingerprint density at radius 1 is 1.20 bits per heavy atom. The van der Waals surface area contributed by atoms with Crippen LogP contribution in [0.25, 0.3) is 11.1 Å². The lowest BCUT2D eigenvalue weighted by Gasteiger charge is -2.44. The van der Waals surface area contributed by atoms with Gasteiger partial charge in [-0.15, -0.1) is 0 Å². The third-order valence-electron chi connectivity index (χ3n) is 5.56. The van der Waals surface area contributed by atoms with Crippen LogP contribution in [0, 0.1) is 0 Å². The SMILES string of the molecule is CCC(=O)N1CCC2(CCc3cc(-c4cccnc4)ccc3O2)CC1. The number of nitrogens with zero attached hydrogens (tertiary/aromatic N) is 2. The van der Waals surface area contributed by atoms with Crippen LogP contribution >= 0.6 is 0 Å². The van der Waals surface area contributed by atoms with Crippen molar-refractivity contribution in [3.05, 3.63) is 48.3 Å². The molecule has 2 aromatic rings. The van der Waals surface area contributed by atoms with E-state index in [0.29, 0.717) is 6.42 Å². The summed E-state index contributed by atoms with van der Waals surface area (Å²) in [7, 11) is 0. The summed E-state index contributed by atoms with van der Waals surface area (Å²) in [5.74, 6) is 1.27. The average Bonchev–Trinajstić information content (AvgIpc) is 2.68. The third kappa shape index (κ3) is 3.13. The summed E-state index contributed by atoms with van der Waals surface area (Å²) >= 11 is 0. The fraction of sp³-hybridized carbons (Fsp3) is 0.429. The van der Waals surface area contributed by atoms with Crippen LogP contribution in [0.3, 0.4) is 0 Å². The third-order valence-corrected chi connectivity index (χ3v) is 5.56. The van der Waals surface area contributed by atoms with Crippen molar-refractivity contribution in [3.63, 3.8) is 0 Å². The number of amides is 1. The number of ether oxygens (including phenoxy) is 1. The molecule has 0 atom stereocenters. The Labute approximate surface area is 148 Å². The van der Waals surface area contributed by atoms with Crippen LogP contribution in [-0.4, -0.2) is 34.5 Å². The van der Waals surface area contributed by atoms with Crippen molar-refractivity contribution in [3.8, 4) is 16.9 Å². The van der Waals surface area contributed by atoms with Crippen LogP contribution < -0.4 is 4.74 Å². The minimum absolute atomic E-state index is 0.0899. The van der Waals surface area contributed by atoms with E-state index in [4.69, 9.17) is 4.74 Å². The molecule has 0 radical (unpaired) electrons. The molecule has 1 amide bonds. The molecule has 1 aromatic heterocycles. The molecule has 4 nitrogen and oxygen atoms in total. The highest BCUT2D eigenvalue weighted by molar-refractivity contribution is 5.75. The Hall–Kier alpha value is -2.36. The van der Waals surface area contributed by atoms with Gasteiger partial charge >= 0.3 is 0 Å². The van der Waals surface area contributed by atoms with Crippen LogP contribution in [0.4, 0.5) is 0 Å². The molecule has 1 saturated heterocycles. The Kier molecular flexibility index (Phi) is 4.20. The van der Waals surface area contributed by atoms with Gasteiger partial charge in [0.2, 0.25) is 5.91 Å². The van der Waals surface area contributed by atoms with Gasteiger partial charge in [-0.25, -0.2) is 0 Å². The maximum atomic E-state index is 11.9. The summed E-state index contributed by atoms with van der Waals surface area (Å²) in [6.07, 6.45) is 8.21. The Morgan fingerprint density at radius 2 is 2.04 bits per heavy atom. The maximum absolute atomic E-state index is 11.9. The molecule has 130 valence electrons. The number of rotatable bonds is 2. The van der Waals surface area contributed by atoms with E-state index in [1.807, 2.05) is 24.1 Å². The second-order valence-corrected chi connectivity index (χ2v) is 7.08.